The van der Waals surface area contributed by atoms with Crippen molar-refractivity contribution < 1.29 is 9.94 Å². The van der Waals surface area contributed by atoms with Gasteiger partial charge < -0.3 is 20.6 Å². The van der Waals surface area contributed by atoms with Gasteiger partial charge in [-0.2, -0.15) is 0 Å². The van der Waals surface area contributed by atoms with E-state index in [4.69, 9.17) is 15.7 Å². The smallest absolute Gasteiger partial charge is 0.170 e. The van der Waals surface area contributed by atoms with Crippen LogP contribution in [0.5, 0.6) is 11.5 Å². The Balaban J connectivity index is 2.16. The van der Waals surface area contributed by atoms with Crippen LogP contribution in [0.1, 0.15) is 5.56 Å². The Labute approximate surface area is 117 Å². The third kappa shape index (κ3) is 3.20. The second-order valence-electron chi connectivity index (χ2n) is 4.50. The molecule has 2 aromatic carbocycles. The Kier molecular flexibility index (Phi) is 4.10. The molecular formula is C15H17N3O2. The summed E-state index contributed by atoms with van der Waals surface area (Å²) >= 11 is 0. The first-order valence-electron chi connectivity index (χ1n) is 6.13. The topological polar surface area (TPSA) is 71.1 Å². The van der Waals surface area contributed by atoms with Crippen molar-refractivity contribution >= 4 is 11.5 Å². The van der Waals surface area contributed by atoms with E-state index in [0.29, 0.717) is 11.3 Å². The van der Waals surface area contributed by atoms with E-state index in [2.05, 4.69) is 5.16 Å². The Bertz CT molecular complexity index is 607. The summed E-state index contributed by atoms with van der Waals surface area (Å²) in [5.41, 5.74) is 7.21. The van der Waals surface area contributed by atoms with Crippen molar-refractivity contribution in [2.75, 3.05) is 19.0 Å². The van der Waals surface area contributed by atoms with Crippen LogP contribution in [0.4, 0.5) is 5.69 Å². The average Bonchev–Trinajstić information content (AvgIpc) is 2.47. The van der Waals surface area contributed by atoms with Crippen LogP contribution in [0, 0.1) is 0 Å². The van der Waals surface area contributed by atoms with Gasteiger partial charge in [-0.15, -0.1) is 0 Å². The number of rotatable bonds is 4. The van der Waals surface area contributed by atoms with Gasteiger partial charge in [-0.25, -0.2) is 0 Å². The minimum atomic E-state index is 0.0751. The molecule has 0 bridgehead atoms. The molecular weight excluding hydrogens is 254 g/mol. The molecule has 0 fully saturated rings. The van der Waals surface area contributed by atoms with Gasteiger partial charge >= 0.3 is 0 Å². The minimum absolute atomic E-state index is 0.0751. The molecule has 5 heteroatoms. The first-order valence-corrected chi connectivity index (χ1v) is 6.13. The number of nitrogens with two attached hydrogens (primary N) is 1. The van der Waals surface area contributed by atoms with Gasteiger partial charge in [0.15, 0.2) is 5.84 Å². The van der Waals surface area contributed by atoms with Crippen LogP contribution in [0.25, 0.3) is 0 Å². The molecule has 2 rings (SSSR count). The maximum Gasteiger partial charge on any atom is 0.170 e. The number of nitrogens with zero attached hydrogens (tertiary/aromatic N) is 2. The first-order chi connectivity index (χ1) is 9.60. The fourth-order valence-electron chi connectivity index (χ4n) is 1.71. The summed E-state index contributed by atoms with van der Waals surface area (Å²) in [6.45, 7) is 0. The number of hydrogen-bond acceptors (Lipinski definition) is 4. The van der Waals surface area contributed by atoms with Crippen LogP contribution in [-0.4, -0.2) is 25.1 Å². The maximum absolute atomic E-state index is 8.60. The summed E-state index contributed by atoms with van der Waals surface area (Å²) in [4.78, 5) is 2.01. The van der Waals surface area contributed by atoms with E-state index in [1.165, 1.54) is 0 Å². The Morgan fingerprint density at radius 1 is 1.10 bits per heavy atom. The number of hydrogen-bond donors (Lipinski definition) is 2. The predicted octanol–water partition coefficient (Wildman–Crippen LogP) is 2.64. The number of ether oxygens (including phenoxy) is 1. The van der Waals surface area contributed by atoms with Gasteiger partial charge in [0.05, 0.1) is 0 Å². The lowest BCUT2D eigenvalue weighted by Crippen LogP contribution is -2.12. The summed E-state index contributed by atoms with van der Waals surface area (Å²) in [5, 5.41) is 11.6. The fourth-order valence-corrected chi connectivity index (χ4v) is 1.71. The average molecular weight is 271 g/mol. The van der Waals surface area contributed by atoms with Crippen LogP contribution in [-0.2, 0) is 0 Å². The second-order valence-corrected chi connectivity index (χ2v) is 4.50. The summed E-state index contributed by atoms with van der Waals surface area (Å²) in [7, 11) is 3.95. The van der Waals surface area contributed by atoms with E-state index in [0.717, 1.165) is 11.4 Å². The highest BCUT2D eigenvalue weighted by Crippen LogP contribution is 2.25. The molecule has 104 valence electrons. The zero-order valence-corrected chi connectivity index (χ0v) is 11.4. The van der Waals surface area contributed by atoms with Crippen molar-refractivity contribution in [1.82, 2.24) is 0 Å². The Morgan fingerprint density at radius 3 is 2.40 bits per heavy atom. The molecule has 20 heavy (non-hydrogen) atoms. The monoisotopic (exact) mass is 271 g/mol. The summed E-state index contributed by atoms with van der Waals surface area (Å²) < 4.78 is 5.77. The van der Waals surface area contributed by atoms with E-state index in [1.807, 2.05) is 43.3 Å². The van der Waals surface area contributed by atoms with E-state index in [9.17, 15) is 0 Å². The second kappa shape index (κ2) is 5.97. The minimum Gasteiger partial charge on any atom is -0.457 e. The molecule has 0 aliphatic rings. The third-order valence-corrected chi connectivity index (χ3v) is 2.83. The number of amidine groups is 1. The largest absolute Gasteiger partial charge is 0.457 e. The van der Waals surface area contributed by atoms with Crippen molar-refractivity contribution in [2.24, 2.45) is 10.9 Å². The molecule has 0 aliphatic heterocycles. The molecule has 2 aromatic rings. The highest BCUT2D eigenvalue weighted by atomic mass is 16.5. The fraction of sp³-hybridized carbons (Fsp3) is 0.133. The molecule has 5 nitrogen and oxygen atoms in total. The van der Waals surface area contributed by atoms with Gasteiger partial charge in [0.2, 0.25) is 0 Å². The third-order valence-electron chi connectivity index (χ3n) is 2.83. The Hall–Kier alpha value is -2.69. The summed E-state index contributed by atoms with van der Waals surface area (Å²) in [6.07, 6.45) is 0. The molecule has 0 heterocycles. The molecule has 0 saturated carbocycles. The molecule has 0 aromatic heterocycles. The van der Waals surface area contributed by atoms with Crippen LogP contribution < -0.4 is 15.4 Å². The summed E-state index contributed by atoms with van der Waals surface area (Å²) in [5.74, 6) is 1.52. The molecule has 0 spiro atoms. The van der Waals surface area contributed by atoms with E-state index >= 15 is 0 Å². The van der Waals surface area contributed by atoms with Gasteiger partial charge in [-0.3, -0.25) is 0 Å². The number of benzene rings is 2. The number of anilines is 1. The van der Waals surface area contributed by atoms with Crippen molar-refractivity contribution in [2.45, 2.75) is 0 Å². The van der Waals surface area contributed by atoms with Gasteiger partial charge in [0.25, 0.3) is 0 Å². The molecule has 0 radical (unpaired) electrons. The lowest BCUT2D eigenvalue weighted by Gasteiger charge is -2.14. The van der Waals surface area contributed by atoms with E-state index in [-0.39, 0.29) is 5.84 Å². The van der Waals surface area contributed by atoms with Crippen molar-refractivity contribution in [3.05, 3.63) is 54.1 Å². The quantitative estimate of drug-likeness (QED) is 0.388. The highest BCUT2D eigenvalue weighted by Gasteiger charge is 2.02. The molecule has 0 saturated heterocycles. The maximum atomic E-state index is 8.60. The van der Waals surface area contributed by atoms with Crippen molar-refractivity contribution in [3.63, 3.8) is 0 Å². The summed E-state index contributed by atoms with van der Waals surface area (Å²) in [6, 6.07) is 14.8. The lowest BCUT2D eigenvalue weighted by atomic mass is 10.2. The van der Waals surface area contributed by atoms with Crippen LogP contribution >= 0.6 is 0 Å². The Morgan fingerprint density at radius 2 is 1.80 bits per heavy atom. The molecule has 0 unspecified atom stereocenters. The van der Waals surface area contributed by atoms with Gasteiger partial charge in [-0.1, -0.05) is 11.2 Å². The molecule has 0 amide bonds. The van der Waals surface area contributed by atoms with Gasteiger partial charge in [0.1, 0.15) is 11.5 Å². The van der Waals surface area contributed by atoms with E-state index in [1.54, 1.807) is 24.3 Å². The standard InChI is InChI=1S/C15H17N3O2/c1-18(2)12-4-3-5-14(10-12)20-13-8-6-11(7-9-13)15(16)17-19/h3-10,19H,1-2H3,(H2,16,17). The SMILES string of the molecule is CN(C)c1cccc(Oc2ccc(/C(N)=N/O)cc2)c1. The lowest BCUT2D eigenvalue weighted by molar-refractivity contribution is 0.318. The van der Waals surface area contributed by atoms with Crippen molar-refractivity contribution in [3.8, 4) is 11.5 Å². The predicted molar refractivity (Wildman–Crippen MR) is 79.8 cm³/mol. The van der Waals surface area contributed by atoms with Crippen LogP contribution in [0.2, 0.25) is 0 Å². The zero-order valence-electron chi connectivity index (χ0n) is 11.4. The van der Waals surface area contributed by atoms with Gasteiger partial charge in [0, 0.05) is 31.4 Å². The first kappa shape index (κ1) is 13.7. The molecule has 0 atom stereocenters. The molecule has 0 aliphatic carbocycles. The zero-order chi connectivity index (χ0) is 14.5. The van der Waals surface area contributed by atoms with Gasteiger partial charge in [-0.05, 0) is 36.4 Å². The van der Waals surface area contributed by atoms with Crippen LogP contribution in [0.3, 0.4) is 0 Å². The van der Waals surface area contributed by atoms with Crippen molar-refractivity contribution in [1.29, 1.82) is 0 Å². The highest BCUT2D eigenvalue weighted by molar-refractivity contribution is 5.97. The normalized spacial score (nSPS) is 11.2. The van der Waals surface area contributed by atoms with Crippen LogP contribution in [0.15, 0.2) is 53.7 Å². The number of oxime groups is 1. The molecule has 3 N–H and O–H groups in total. The van der Waals surface area contributed by atoms with E-state index < -0.39 is 0 Å².